The van der Waals surface area contributed by atoms with E-state index >= 15 is 0 Å². The predicted octanol–water partition coefficient (Wildman–Crippen LogP) is 2.82. The first kappa shape index (κ1) is 13.4. The van der Waals surface area contributed by atoms with Crippen molar-refractivity contribution in [2.75, 3.05) is 12.4 Å². The van der Waals surface area contributed by atoms with Gasteiger partial charge in [0.1, 0.15) is 11.4 Å². The average molecular weight is 280 g/mol. The molecule has 0 bridgehead atoms. The Hall–Kier alpha value is -2.01. The Bertz CT molecular complexity index is 578. The van der Waals surface area contributed by atoms with Crippen LogP contribution in [-0.2, 0) is 6.54 Å². The number of benzene rings is 1. The van der Waals surface area contributed by atoms with Crippen LogP contribution >= 0.6 is 11.6 Å². The standard InChI is InChI=1S/C13H14ClN3O2/c1-3-17-12(11(14)8-15-17)13(18)16-9-4-6-10(19-2)7-5-9/h4-8H,3H2,1-2H3,(H,16,18). The molecule has 0 aliphatic rings. The number of amides is 1. The number of carbonyl (C=O) groups is 1. The molecule has 0 saturated heterocycles. The van der Waals surface area contributed by atoms with Crippen LogP contribution in [0.4, 0.5) is 5.69 Å². The third kappa shape index (κ3) is 2.88. The monoisotopic (exact) mass is 279 g/mol. The summed E-state index contributed by atoms with van der Waals surface area (Å²) >= 11 is 5.97. The molecule has 1 amide bonds. The van der Waals surface area contributed by atoms with Gasteiger partial charge in [-0.2, -0.15) is 5.10 Å². The number of aryl methyl sites for hydroxylation is 1. The molecule has 0 fully saturated rings. The van der Waals surface area contributed by atoms with Crippen LogP contribution in [0.25, 0.3) is 0 Å². The molecule has 5 nitrogen and oxygen atoms in total. The zero-order valence-electron chi connectivity index (χ0n) is 10.7. The summed E-state index contributed by atoms with van der Waals surface area (Å²) in [5, 5.41) is 7.14. The highest BCUT2D eigenvalue weighted by molar-refractivity contribution is 6.34. The van der Waals surface area contributed by atoms with Crippen LogP contribution in [0.2, 0.25) is 5.02 Å². The van der Waals surface area contributed by atoms with Crippen LogP contribution in [0, 0.1) is 0 Å². The number of halogens is 1. The quantitative estimate of drug-likeness (QED) is 0.936. The number of hydrogen-bond donors (Lipinski definition) is 1. The summed E-state index contributed by atoms with van der Waals surface area (Å²) in [6.45, 7) is 2.48. The van der Waals surface area contributed by atoms with Gasteiger partial charge in [0.2, 0.25) is 0 Å². The van der Waals surface area contributed by atoms with Crippen LogP contribution in [0.3, 0.4) is 0 Å². The molecule has 2 aromatic rings. The summed E-state index contributed by atoms with van der Waals surface area (Å²) in [5.41, 5.74) is 1.03. The van der Waals surface area contributed by atoms with E-state index in [0.29, 0.717) is 22.9 Å². The van der Waals surface area contributed by atoms with Crippen molar-refractivity contribution in [3.05, 3.63) is 41.2 Å². The Kier molecular flexibility index (Phi) is 4.06. The largest absolute Gasteiger partial charge is 0.497 e. The van der Waals surface area contributed by atoms with E-state index in [4.69, 9.17) is 16.3 Å². The van der Waals surface area contributed by atoms with Crippen molar-refractivity contribution in [3.8, 4) is 5.75 Å². The second kappa shape index (κ2) is 5.75. The molecule has 0 aliphatic carbocycles. The van der Waals surface area contributed by atoms with Crippen LogP contribution in [0.1, 0.15) is 17.4 Å². The molecule has 0 radical (unpaired) electrons. The third-order valence-corrected chi connectivity index (χ3v) is 2.93. The summed E-state index contributed by atoms with van der Waals surface area (Å²) in [6.07, 6.45) is 1.47. The molecule has 1 aromatic carbocycles. The van der Waals surface area contributed by atoms with Gasteiger partial charge in [0.25, 0.3) is 5.91 Å². The second-order valence-corrected chi connectivity index (χ2v) is 4.25. The summed E-state index contributed by atoms with van der Waals surface area (Å²) in [7, 11) is 1.59. The van der Waals surface area contributed by atoms with Crippen LogP contribution in [0.15, 0.2) is 30.5 Å². The lowest BCUT2D eigenvalue weighted by Crippen LogP contribution is -2.17. The van der Waals surface area contributed by atoms with Crippen molar-refractivity contribution in [2.24, 2.45) is 0 Å². The predicted molar refractivity (Wildman–Crippen MR) is 73.9 cm³/mol. The number of hydrogen-bond acceptors (Lipinski definition) is 3. The Morgan fingerprint density at radius 1 is 1.42 bits per heavy atom. The molecule has 2 rings (SSSR count). The molecule has 1 aromatic heterocycles. The fourth-order valence-corrected chi connectivity index (χ4v) is 1.92. The van der Waals surface area contributed by atoms with E-state index < -0.39 is 0 Å². The molecule has 19 heavy (non-hydrogen) atoms. The van der Waals surface area contributed by atoms with Crippen molar-refractivity contribution >= 4 is 23.2 Å². The van der Waals surface area contributed by atoms with E-state index in [1.54, 1.807) is 36.1 Å². The molecule has 0 atom stereocenters. The average Bonchev–Trinajstić information content (AvgIpc) is 2.80. The van der Waals surface area contributed by atoms with Crippen molar-refractivity contribution in [1.82, 2.24) is 9.78 Å². The topological polar surface area (TPSA) is 56.2 Å². The minimum Gasteiger partial charge on any atom is -0.497 e. The number of nitrogens with zero attached hydrogens (tertiary/aromatic N) is 2. The molecule has 0 unspecified atom stereocenters. The van der Waals surface area contributed by atoms with Crippen molar-refractivity contribution in [1.29, 1.82) is 0 Å². The molecule has 0 saturated carbocycles. The molecular formula is C13H14ClN3O2. The number of nitrogens with one attached hydrogen (secondary N) is 1. The van der Waals surface area contributed by atoms with Gasteiger partial charge >= 0.3 is 0 Å². The minimum absolute atomic E-state index is 0.283. The molecule has 100 valence electrons. The Morgan fingerprint density at radius 2 is 2.11 bits per heavy atom. The Labute approximate surface area is 116 Å². The van der Waals surface area contributed by atoms with E-state index in [9.17, 15) is 4.79 Å². The van der Waals surface area contributed by atoms with Crippen LogP contribution in [0.5, 0.6) is 5.75 Å². The van der Waals surface area contributed by atoms with Gasteiger partial charge in [-0.05, 0) is 31.2 Å². The smallest absolute Gasteiger partial charge is 0.275 e. The van der Waals surface area contributed by atoms with E-state index in [1.165, 1.54) is 6.20 Å². The van der Waals surface area contributed by atoms with E-state index in [2.05, 4.69) is 10.4 Å². The van der Waals surface area contributed by atoms with Gasteiger partial charge in [0.05, 0.1) is 18.3 Å². The second-order valence-electron chi connectivity index (χ2n) is 3.84. The highest BCUT2D eigenvalue weighted by Crippen LogP contribution is 2.19. The van der Waals surface area contributed by atoms with Gasteiger partial charge in [-0.1, -0.05) is 11.6 Å². The van der Waals surface area contributed by atoms with Gasteiger partial charge in [-0.25, -0.2) is 0 Å². The summed E-state index contributed by atoms with van der Waals surface area (Å²) in [4.78, 5) is 12.1. The van der Waals surface area contributed by atoms with Crippen LogP contribution < -0.4 is 10.1 Å². The highest BCUT2D eigenvalue weighted by Gasteiger charge is 2.16. The number of rotatable bonds is 4. The van der Waals surface area contributed by atoms with Gasteiger partial charge < -0.3 is 10.1 Å². The molecular weight excluding hydrogens is 266 g/mol. The molecule has 0 aliphatic heterocycles. The zero-order chi connectivity index (χ0) is 13.8. The lowest BCUT2D eigenvalue weighted by atomic mass is 10.3. The number of ether oxygens (including phenoxy) is 1. The van der Waals surface area contributed by atoms with E-state index in [-0.39, 0.29) is 5.91 Å². The highest BCUT2D eigenvalue weighted by atomic mass is 35.5. The summed E-state index contributed by atoms with van der Waals surface area (Å²) in [6, 6.07) is 7.07. The van der Waals surface area contributed by atoms with Gasteiger partial charge in [0.15, 0.2) is 0 Å². The van der Waals surface area contributed by atoms with Crippen molar-refractivity contribution < 1.29 is 9.53 Å². The van der Waals surface area contributed by atoms with E-state index in [0.717, 1.165) is 5.75 Å². The maximum Gasteiger partial charge on any atom is 0.275 e. The number of aromatic nitrogens is 2. The van der Waals surface area contributed by atoms with Crippen molar-refractivity contribution in [2.45, 2.75) is 13.5 Å². The number of methoxy groups -OCH3 is 1. The maximum absolute atomic E-state index is 12.1. The molecule has 1 N–H and O–H groups in total. The fourth-order valence-electron chi connectivity index (χ4n) is 1.69. The maximum atomic E-state index is 12.1. The SMILES string of the molecule is CCn1ncc(Cl)c1C(=O)Nc1ccc(OC)cc1. The Balaban J connectivity index is 2.18. The minimum atomic E-state index is -0.283. The zero-order valence-corrected chi connectivity index (χ0v) is 11.4. The van der Waals surface area contributed by atoms with Gasteiger partial charge in [0, 0.05) is 12.2 Å². The van der Waals surface area contributed by atoms with Gasteiger partial charge in [-0.15, -0.1) is 0 Å². The van der Waals surface area contributed by atoms with E-state index in [1.807, 2.05) is 6.92 Å². The Morgan fingerprint density at radius 3 is 2.68 bits per heavy atom. The number of carbonyl (C=O) groups excluding carboxylic acids is 1. The first-order valence-corrected chi connectivity index (χ1v) is 6.20. The first-order valence-electron chi connectivity index (χ1n) is 5.82. The lowest BCUT2D eigenvalue weighted by Gasteiger charge is -2.08. The molecule has 0 spiro atoms. The van der Waals surface area contributed by atoms with Crippen LogP contribution in [-0.4, -0.2) is 22.8 Å². The fraction of sp³-hybridized carbons (Fsp3) is 0.231. The first-order chi connectivity index (χ1) is 9.15. The summed E-state index contributed by atoms with van der Waals surface area (Å²) < 4.78 is 6.61. The molecule has 6 heteroatoms. The lowest BCUT2D eigenvalue weighted by molar-refractivity contribution is 0.101. The normalized spacial score (nSPS) is 10.3. The third-order valence-electron chi connectivity index (χ3n) is 2.66. The molecule has 1 heterocycles. The van der Waals surface area contributed by atoms with Crippen molar-refractivity contribution in [3.63, 3.8) is 0 Å². The summed E-state index contributed by atoms with van der Waals surface area (Å²) in [5.74, 6) is 0.448. The number of anilines is 1. The van der Waals surface area contributed by atoms with Gasteiger partial charge in [-0.3, -0.25) is 9.48 Å².